The number of rotatable bonds is 7. The second kappa shape index (κ2) is 7.40. The van der Waals surface area contributed by atoms with E-state index in [1.54, 1.807) is 7.11 Å². The largest absolute Gasteiger partial charge is 0.383 e. The lowest BCUT2D eigenvalue weighted by atomic mass is 10.2. The van der Waals surface area contributed by atoms with Crippen molar-refractivity contribution in [1.82, 2.24) is 9.97 Å². The standard InChI is InChI=1S/C14H26N4O/c1-10(2)14-16-9-13(12(8-15)17-14)18(11(3)4)6-7-19-5/h9-11H,6-8,15H2,1-5H3. The lowest BCUT2D eigenvalue weighted by Crippen LogP contribution is -2.35. The molecule has 0 unspecified atom stereocenters. The summed E-state index contributed by atoms with van der Waals surface area (Å²) in [5, 5.41) is 0. The van der Waals surface area contributed by atoms with Crippen LogP contribution in [0.15, 0.2) is 6.20 Å². The first-order chi connectivity index (χ1) is 9.01. The SMILES string of the molecule is COCCN(c1cnc(C(C)C)nc1CN)C(C)C. The van der Waals surface area contributed by atoms with Crippen LogP contribution in [-0.4, -0.2) is 36.3 Å². The number of hydrogen-bond donors (Lipinski definition) is 1. The van der Waals surface area contributed by atoms with Crippen LogP contribution in [0.4, 0.5) is 5.69 Å². The highest BCUT2D eigenvalue weighted by Gasteiger charge is 2.16. The highest BCUT2D eigenvalue weighted by Crippen LogP contribution is 2.22. The van der Waals surface area contributed by atoms with Gasteiger partial charge in [0.15, 0.2) is 0 Å². The van der Waals surface area contributed by atoms with Crippen LogP contribution < -0.4 is 10.6 Å². The molecule has 108 valence electrons. The predicted octanol–water partition coefficient (Wildman–Crippen LogP) is 1.92. The molecule has 0 aliphatic heterocycles. The van der Waals surface area contributed by atoms with Crippen molar-refractivity contribution < 1.29 is 4.74 Å². The van der Waals surface area contributed by atoms with E-state index < -0.39 is 0 Å². The molecule has 0 radical (unpaired) electrons. The third-order valence-corrected chi connectivity index (χ3v) is 3.04. The third kappa shape index (κ3) is 4.14. The second-order valence-corrected chi connectivity index (χ2v) is 5.20. The zero-order chi connectivity index (χ0) is 14.4. The fourth-order valence-corrected chi connectivity index (χ4v) is 1.94. The van der Waals surface area contributed by atoms with Gasteiger partial charge in [0.2, 0.25) is 0 Å². The molecule has 0 atom stereocenters. The monoisotopic (exact) mass is 266 g/mol. The number of aromatic nitrogens is 2. The Labute approximate surface area is 116 Å². The lowest BCUT2D eigenvalue weighted by Gasteiger charge is -2.30. The molecule has 1 aromatic rings. The summed E-state index contributed by atoms with van der Waals surface area (Å²) < 4.78 is 5.17. The first kappa shape index (κ1) is 15.9. The zero-order valence-corrected chi connectivity index (χ0v) is 12.7. The number of anilines is 1. The Hall–Kier alpha value is -1.20. The molecule has 0 saturated heterocycles. The van der Waals surface area contributed by atoms with E-state index in [1.807, 2.05) is 6.20 Å². The van der Waals surface area contributed by atoms with Gasteiger partial charge in [-0.3, -0.25) is 0 Å². The van der Waals surface area contributed by atoms with Gasteiger partial charge in [-0.1, -0.05) is 13.8 Å². The van der Waals surface area contributed by atoms with Gasteiger partial charge in [0, 0.05) is 32.2 Å². The van der Waals surface area contributed by atoms with Gasteiger partial charge in [-0.15, -0.1) is 0 Å². The fraction of sp³-hybridized carbons (Fsp3) is 0.714. The Morgan fingerprint density at radius 1 is 1.32 bits per heavy atom. The van der Waals surface area contributed by atoms with E-state index in [0.717, 1.165) is 23.8 Å². The van der Waals surface area contributed by atoms with E-state index in [0.29, 0.717) is 25.1 Å². The maximum atomic E-state index is 5.84. The molecule has 0 amide bonds. The van der Waals surface area contributed by atoms with Crippen LogP contribution in [0.3, 0.4) is 0 Å². The Bertz CT molecular complexity index is 393. The molecular formula is C14H26N4O. The summed E-state index contributed by atoms with van der Waals surface area (Å²) in [7, 11) is 1.71. The number of hydrogen-bond acceptors (Lipinski definition) is 5. The molecule has 0 aliphatic rings. The van der Waals surface area contributed by atoms with Gasteiger partial charge in [0.1, 0.15) is 5.82 Å². The lowest BCUT2D eigenvalue weighted by molar-refractivity contribution is 0.203. The van der Waals surface area contributed by atoms with Gasteiger partial charge >= 0.3 is 0 Å². The van der Waals surface area contributed by atoms with Crippen LogP contribution in [0.5, 0.6) is 0 Å². The number of nitrogens with two attached hydrogens (primary N) is 1. The topological polar surface area (TPSA) is 64.3 Å². The molecule has 1 aromatic heterocycles. The summed E-state index contributed by atoms with van der Waals surface area (Å²) in [5.41, 5.74) is 7.76. The summed E-state index contributed by atoms with van der Waals surface area (Å²) in [6.07, 6.45) is 1.89. The van der Waals surface area contributed by atoms with Crippen LogP contribution >= 0.6 is 0 Å². The molecule has 0 spiro atoms. The number of ether oxygens (including phenoxy) is 1. The molecule has 0 aromatic carbocycles. The molecule has 0 bridgehead atoms. The zero-order valence-electron chi connectivity index (χ0n) is 12.7. The van der Waals surface area contributed by atoms with Crippen LogP contribution in [0.1, 0.15) is 45.1 Å². The molecule has 0 aliphatic carbocycles. The van der Waals surface area contributed by atoms with Crippen molar-refractivity contribution in [2.45, 2.75) is 46.2 Å². The number of methoxy groups -OCH3 is 1. The van der Waals surface area contributed by atoms with Crippen LogP contribution in [0.25, 0.3) is 0 Å². The summed E-state index contributed by atoms with van der Waals surface area (Å²) in [6.45, 7) is 10.4. The Morgan fingerprint density at radius 2 is 2.00 bits per heavy atom. The van der Waals surface area contributed by atoms with Gasteiger partial charge in [-0.25, -0.2) is 9.97 Å². The van der Waals surface area contributed by atoms with Gasteiger partial charge in [-0.05, 0) is 13.8 Å². The molecule has 0 saturated carbocycles. The average molecular weight is 266 g/mol. The molecule has 5 nitrogen and oxygen atoms in total. The van der Waals surface area contributed by atoms with Crippen molar-refractivity contribution in [3.8, 4) is 0 Å². The highest BCUT2D eigenvalue weighted by atomic mass is 16.5. The quantitative estimate of drug-likeness (QED) is 0.817. The van der Waals surface area contributed by atoms with Crippen molar-refractivity contribution in [2.75, 3.05) is 25.2 Å². The Balaban J connectivity index is 3.08. The fourth-order valence-electron chi connectivity index (χ4n) is 1.94. The maximum Gasteiger partial charge on any atom is 0.131 e. The smallest absolute Gasteiger partial charge is 0.131 e. The molecule has 5 heteroatoms. The minimum atomic E-state index is 0.311. The van der Waals surface area contributed by atoms with E-state index in [9.17, 15) is 0 Å². The van der Waals surface area contributed by atoms with Gasteiger partial charge in [0.05, 0.1) is 24.2 Å². The maximum absolute atomic E-state index is 5.84. The summed E-state index contributed by atoms with van der Waals surface area (Å²) in [5.74, 6) is 1.16. The minimum absolute atomic E-state index is 0.311. The summed E-state index contributed by atoms with van der Waals surface area (Å²) in [4.78, 5) is 11.3. The molecule has 19 heavy (non-hydrogen) atoms. The van der Waals surface area contributed by atoms with E-state index in [1.165, 1.54) is 0 Å². The molecular weight excluding hydrogens is 240 g/mol. The molecule has 1 heterocycles. The van der Waals surface area contributed by atoms with Crippen molar-refractivity contribution in [2.24, 2.45) is 5.73 Å². The molecule has 0 fully saturated rings. The molecule has 1 rings (SSSR count). The van der Waals surface area contributed by atoms with Crippen LogP contribution in [-0.2, 0) is 11.3 Å². The molecule has 2 N–H and O–H groups in total. The van der Waals surface area contributed by atoms with Gasteiger partial charge in [0.25, 0.3) is 0 Å². The second-order valence-electron chi connectivity index (χ2n) is 5.20. The predicted molar refractivity (Wildman–Crippen MR) is 78.4 cm³/mol. The van der Waals surface area contributed by atoms with E-state index in [2.05, 4.69) is 42.6 Å². The van der Waals surface area contributed by atoms with Gasteiger partial charge in [-0.2, -0.15) is 0 Å². The average Bonchev–Trinajstić information content (AvgIpc) is 2.38. The summed E-state index contributed by atoms with van der Waals surface area (Å²) in [6, 6.07) is 0.356. The normalized spacial score (nSPS) is 11.4. The number of nitrogens with zero attached hydrogens (tertiary/aromatic N) is 3. The van der Waals surface area contributed by atoms with E-state index >= 15 is 0 Å². The van der Waals surface area contributed by atoms with Crippen molar-refractivity contribution >= 4 is 5.69 Å². The Morgan fingerprint density at radius 3 is 2.47 bits per heavy atom. The Kier molecular flexibility index (Phi) is 6.18. The van der Waals surface area contributed by atoms with Gasteiger partial charge < -0.3 is 15.4 Å². The minimum Gasteiger partial charge on any atom is -0.383 e. The van der Waals surface area contributed by atoms with Crippen LogP contribution in [0, 0.1) is 0 Å². The summed E-state index contributed by atoms with van der Waals surface area (Å²) >= 11 is 0. The van der Waals surface area contributed by atoms with E-state index in [4.69, 9.17) is 10.5 Å². The van der Waals surface area contributed by atoms with Crippen molar-refractivity contribution in [3.63, 3.8) is 0 Å². The first-order valence-corrected chi connectivity index (χ1v) is 6.82. The first-order valence-electron chi connectivity index (χ1n) is 6.82. The van der Waals surface area contributed by atoms with Crippen LogP contribution in [0.2, 0.25) is 0 Å². The highest BCUT2D eigenvalue weighted by molar-refractivity contribution is 5.50. The third-order valence-electron chi connectivity index (χ3n) is 3.04. The van der Waals surface area contributed by atoms with Crippen molar-refractivity contribution in [1.29, 1.82) is 0 Å². The van der Waals surface area contributed by atoms with E-state index in [-0.39, 0.29) is 0 Å². The van der Waals surface area contributed by atoms with Crippen molar-refractivity contribution in [3.05, 3.63) is 17.7 Å².